The van der Waals surface area contributed by atoms with Crippen molar-refractivity contribution < 1.29 is 19.4 Å². The van der Waals surface area contributed by atoms with Crippen molar-refractivity contribution in [3.63, 3.8) is 0 Å². The van der Waals surface area contributed by atoms with Crippen LogP contribution >= 0.6 is 0 Å². The summed E-state index contributed by atoms with van der Waals surface area (Å²) in [5, 5.41) is 9.90. The standard InChI is InChI=1S/C31H28O4/c1-3-21(4-2)22-13-15-23(16-14-22)30(33)26-9-5-6-10-27(26)31(34)24-17-19-25(20-18-24)35-29-12-8-7-11-28(29)32/h5-21,32H,3-4H2,1-2H3. The molecule has 4 aromatic rings. The van der Waals surface area contributed by atoms with Gasteiger partial charge in [-0.15, -0.1) is 0 Å². The lowest BCUT2D eigenvalue weighted by atomic mass is 9.90. The lowest BCUT2D eigenvalue weighted by Gasteiger charge is -2.13. The van der Waals surface area contributed by atoms with Crippen LogP contribution in [0.1, 0.15) is 70.0 Å². The molecular weight excluding hydrogens is 436 g/mol. The molecule has 0 heterocycles. The largest absolute Gasteiger partial charge is 0.504 e. The third-order valence-corrected chi connectivity index (χ3v) is 6.26. The van der Waals surface area contributed by atoms with Crippen LogP contribution < -0.4 is 4.74 Å². The summed E-state index contributed by atoms with van der Waals surface area (Å²) in [5.74, 6) is 0.919. The van der Waals surface area contributed by atoms with Gasteiger partial charge in [-0.1, -0.05) is 74.5 Å². The number of hydrogen-bond acceptors (Lipinski definition) is 4. The maximum atomic E-state index is 13.3. The summed E-state index contributed by atoms with van der Waals surface area (Å²) in [6.07, 6.45) is 2.11. The Kier molecular flexibility index (Phi) is 7.41. The van der Waals surface area contributed by atoms with E-state index in [2.05, 4.69) is 13.8 Å². The van der Waals surface area contributed by atoms with E-state index in [1.807, 2.05) is 24.3 Å². The van der Waals surface area contributed by atoms with Crippen molar-refractivity contribution in [2.24, 2.45) is 0 Å². The average Bonchev–Trinajstić information content (AvgIpc) is 2.91. The molecule has 0 saturated heterocycles. The highest BCUT2D eigenvalue weighted by molar-refractivity contribution is 6.19. The van der Waals surface area contributed by atoms with Crippen LogP contribution in [0.3, 0.4) is 0 Å². The monoisotopic (exact) mass is 464 g/mol. The van der Waals surface area contributed by atoms with Gasteiger partial charge in [0, 0.05) is 22.3 Å². The fourth-order valence-corrected chi connectivity index (χ4v) is 4.20. The van der Waals surface area contributed by atoms with Gasteiger partial charge in [-0.25, -0.2) is 0 Å². The molecule has 0 saturated carbocycles. The van der Waals surface area contributed by atoms with Crippen molar-refractivity contribution in [2.75, 3.05) is 0 Å². The Balaban J connectivity index is 1.56. The number of ether oxygens (including phenoxy) is 1. The number of phenols is 1. The first-order valence-electron chi connectivity index (χ1n) is 11.9. The van der Waals surface area contributed by atoms with Crippen LogP contribution in [0.4, 0.5) is 0 Å². The van der Waals surface area contributed by atoms with Gasteiger partial charge in [-0.05, 0) is 60.7 Å². The Hall–Kier alpha value is -4.18. The highest BCUT2D eigenvalue weighted by Crippen LogP contribution is 2.30. The molecule has 0 aliphatic rings. The van der Waals surface area contributed by atoms with Crippen LogP contribution in [0, 0.1) is 0 Å². The van der Waals surface area contributed by atoms with Gasteiger partial charge in [0.2, 0.25) is 0 Å². The van der Waals surface area contributed by atoms with E-state index < -0.39 is 0 Å². The van der Waals surface area contributed by atoms with Crippen LogP contribution in [-0.2, 0) is 0 Å². The summed E-state index contributed by atoms with van der Waals surface area (Å²) in [4.78, 5) is 26.6. The molecule has 0 fully saturated rings. The topological polar surface area (TPSA) is 63.6 Å². The molecule has 0 spiro atoms. The molecule has 0 aromatic heterocycles. The van der Waals surface area contributed by atoms with Gasteiger partial charge < -0.3 is 9.84 Å². The lowest BCUT2D eigenvalue weighted by Crippen LogP contribution is -2.11. The highest BCUT2D eigenvalue weighted by atomic mass is 16.5. The number of ketones is 2. The molecule has 4 aromatic carbocycles. The van der Waals surface area contributed by atoms with Crippen LogP contribution in [-0.4, -0.2) is 16.7 Å². The fourth-order valence-electron chi connectivity index (χ4n) is 4.20. The fraction of sp³-hybridized carbons (Fsp3) is 0.161. The second-order valence-corrected chi connectivity index (χ2v) is 8.43. The first kappa shape index (κ1) is 24.0. The maximum absolute atomic E-state index is 13.3. The van der Waals surface area contributed by atoms with E-state index in [4.69, 9.17) is 4.74 Å². The predicted octanol–water partition coefficient (Wildman–Crippen LogP) is 7.55. The molecule has 35 heavy (non-hydrogen) atoms. The van der Waals surface area contributed by atoms with Gasteiger partial charge in [0.25, 0.3) is 0 Å². The number of hydrogen-bond donors (Lipinski definition) is 1. The zero-order chi connectivity index (χ0) is 24.8. The van der Waals surface area contributed by atoms with E-state index in [9.17, 15) is 14.7 Å². The molecule has 176 valence electrons. The van der Waals surface area contributed by atoms with Crippen molar-refractivity contribution in [1.82, 2.24) is 0 Å². The minimum Gasteiger partial charge on any atom is -0.504 e. The summed E-state index contributed by atoms with van der Waals surface area (Å²) in [5.41, 5.74) is 2.96. The van der Waals surface area contributed by atoms with Crippen LogP contribution in [0.5, 0.6) is 17.2 Å². The molecule has 1 N–H and O–H groups in total. The van der Waals surface area contributed by atoms with E-state index in [1.165, 1.54) is 5.56 Å². The number of carbonyl (C=O) groups excluding carboxylic acids is 2. The summed E-state index contributed by atoms with van der Waals surface area (Å²) in [6.45, 7) is 4.33. The lowest BCUT2D eigenvalue weighted by molar-refractivity contribution is 0.100. The molecule has 0 atom stereocenters. The van der Waals surface area contributed by atoms with Crippen molar-refractivity contribution in [2.45, 2.75) is 32.6 Å². The summed E-state index contributed by atoms with van der Waals surface area (Å²) in [7, 11) is 0. The molecular formula is C31H28O4. The van der Waals surface area contributed by atoms with E-state index in [0.29, 0.717) is 39.7 Å². The van der Waals surface area contributed by atoms with Crippen molar-refractivity contribution >= 4 is 11.6 Å². The second kappa shape index (κ2) is 10.8. The van der Waals surface area contributed by atoms with Crippen molar-refractivity contribution in [3.8, 4) is 17.2 Å². The third kappa shape index (κ3) is 5.33. The van der Waals surface area contributed by atoms with Gasteiger partial charge in [0.1, 0.15) is 5.75 Å². The molecule has 0 aliphatic carbocycles. The van der Waals surface area contributed by atoms with Gasteiger partial charge in [0.15, 0.2) is 23.1 Å². The Morgan fingerprint density at radius 1 is 0.686 bits per heavy atom. The quantitative estimate of drug-likeness (QED) is 0.260. The predicted molar refractivity (Wildman–Crippen MR) is 138 cm³/mol. The van der Waals surface area contributed by atoms with E-state index in [1.54, 1.807) is 72.8 Å². The SMILES string of the molecule is CCC(CC)c1ccc(C(=O)c2ccccc2C(=O)c2ccc(Oc3ccccc3O)cc2)cc1. The molecule has 0 aliphatic heterocycles. The minimum absolute atomic E-state index is 0.0352. The minimum atomic E-state index is -0.239. The molecule has 0 unspecified atom stereocenters. The van der Waals surface area contributed by atoms with Gasteiger partial charge in [-0.2, -0.15) is 0 Å². The van der Waals surface area contributed by atoms with Crippen molar-refractivity contribution in [3.05, 3.63) is 125 Å². The summed E-state index contributed by atoms with van der Waals surface area (Å²) < 4.78 is 5.70. The number of rotatable bonds is 9. The van der Waals surface area contributed by atoms with Crippen LogP contribution in [0.15, 0.2) is 97.1 Å². The number of benzene rings is 4. The van der Waals surface area contributed by atoms with E-state index in [-0.39, 0.29) is 17.3 Å². The zero-order valence-corrected chi connectivity index (χ0v) is 19.9. The maximum Gasteiger partial charge on any atom is 0.193 e. The van der Waals surface area contributed by atoms with E-state index >= 15 is 0 Å². The first-order valence-corrected chi connectivity index (χ1v) is 11.9. The summed E-state index contributed by atoms with van der Waals surface area (Å²) >= 11 is 0. The Morgan fingerprint density at radius 3 is 1.69 bits per heavy atom. The number of para-hydroxylation sites is 2. The third-order valence-electron chi connectivity index (χ3n) is 6.26. The highest BCUT2D eigenvalue weighted by Gasteiger charge is 2.20. The van der Waals surface area contributed by atoms with Gasteiger partial charge in [0.05, 0.1) is 0 Å². The van der Waals surface area contributed by atoms with Crippen molar-refractivity contribution in [1.29, 1.82) is 0 Å². The Morgan fingerprint density at radius 2 is 1.17 bits per heavy atom. The number of carbonyl (C=O) groups is 2. The first-order chi connectivity index (χ1) is 17.0. The van der Waals surface area contributed by atoms with Crippen LogP contribution in [0.25, 0.3) is 0 Å². The Bertz CT molecular complexity index is 1320. The number of aromatic hydroxyl groups is 1. The summed E-state index contributed by atoms with van der Waals surface area (Å²) in [6, 6.07) is 28.0. The molecule has 4 nitrogen and oxygen atoms in total. The smallest absolute Gasteiger partial charge is 0.193 e. The molecule has 4 heteroatoms. The molecule has 0 radical (unpaired) electrons. The normalized spacial score (nSPS) is 10.8. The Labute approximate surface area is 205 Å². The molecule has 4 rings (SSSR count). The zero-order valence-electron chi connectivity index (χ0n) is 19.9. The van der Waals surface area contributed by atoms with Gasteiger partial charge >= 0.3 is 0 Å². The average molecular weight is 465 g/mol. The molecule has 0 amide bonds. The van der Waals surface area contributed by atoms with E-state index in [0.717, 1.165) is 12.8 Å². The van der Waals surface area contributed by atoms with Crippen LogP contribution in [0.2, 0.25) is 0 Å². The second-order valence-electron chi connectivity index (χ2n) is 8.43. The molecule has 0 bridgehead atoms. The van der Waals surface area contributed by atoms with Gasteiger partial charge in [-0.3, -0.25) is 9.59 Å². The number of phenolic OH excluding ortho intramolecular Hbond substituents is 1.